The first-order valence-electron chi connectivity index (χ1n) is 9.06. The van der Waals surface area contributed by atoms with Crippen molar-refractivity contribution in [1.29, 1.82) is 0 Å². The summed E-state index contributed by atoms with van der Waals surface area (Å²) in [5.74, 6) is 0.937. The molecule has 25 heavy (non-hydrogen) atoms. The van der Waals surface area contributed by atoms with Crippen molar-refractivity contribution >= 4 is 11.6 Å². The molecule has 1 aliphatic heterocycles. The Balaban J connectivity index is 1.95. The first kappa shape index (κ1) is 19.5. The Morgan fingerprint density at radius 2 is 1.84 bits per heavy atom. The maximum atomic E-state index is 12.5. The quantitative estimate of drug-likeness (QED) is 0.804. The van der Waals surface area contributed by atoms with Crippen LogP contribution in [0.25, 0.3) is 0 Å². The molecule has 1 aromatic rings. The van der Waals surface area contributed by atoms with Crippen LogP contribution in [0.1, 0.15) is 13.8 Å². The van der Waals surface area contributed by atoms with Gasteiger partial charge in [-0.2, -0.15) is 0 Å². The van der Waals surface area contributed by atoms with E-state index < -0.39 is 0 Å². The normalized spacial score (nSPS) is 17.5. The van der Waals surface area contributed by atoms with Gasteiger partial charge in [-0.15, -0.1) is 0 Å². The molecule has 0 bridgehead atoms. The molecule has 2 N–H and O–H groups in total. The molecule has 6 nitrogen and oxygen atoms in total. The van der Waals surface area contributed by atoms with Crippen molar-refractivity contribution in [2.75, 3.05) is 58.3 Å². The van der Waals surface area contributed by atoms with E-state index in [0.29, 0.717) is 6.61 Å². The summed E-state index contributed by atoms with van der Waals surface area (Å²) >= 11 is 0. The summed E-state index contributed by atoms with van der Waals surface area (Å²) in [5.41, 5.74) is 6.98. The number of amides is 1. The van der Waals surface area contributed by atoms with Gasteiger partial charge < -0.3 is 25.2 Å². The van der Waals surface area contributed by atoms with Crippen molar-refractivity contribution in [2.45, 2.75) is 19.9 Å². The number of carbonyl (C=O) groups excluding carboxylic acids is 1. The second-order valence-corrected chi connectivity index (χ2v) is 7.08. The van der Waals surface area contributed by atoms with Gasteiger partial charge in [0.15, 0.2) is 0 Å². The minimum atomic E-state index is -0.131. The fourth-order valence-corrected chi connectivity index (χ4v) is 2.86. The summed E-state index contributed by atoms with van der Waals surface area (Å²) in [4.78, 5) is 18.8. The molecule has 1 aliphatic rings. The second-order valence-electron chi connectivity index (χ2n) is 7.08. The average Bonchev–Trinajstić information content (AvgIpc) is 2.60. The van der Waals surface area contributed by atoms with E-state index in [-0.39, 0.29) is 17.9 Å². The number of carbonyl (C=O) groups is 1. The largest absolute Gasteiger partial charge is 0.490 e. The van der Waals surface area contributed by atoms with Crippen molar-refractivity contribution in [3.8, 4) is 5.75 Å². The molecule has 1 amide bonds. The molecular weight excluding hydrogens is 316 g/mol. The third-order valence-corrected chi connectivity index (χ3v) is 4.77. The summed E-state index contributed by atoms with van der Waals surface area (Å²) in [6.45, 7) is 8.41. The van der Waals surface area contributed by atoms with E-state index in [2.05, 4.69) is 15.9 Å². The van der Waals surface area contributed by atoms with Crippen molar-refractivity contribution in [3.05, 3.63) is 24.3 Å². The van der Waals surface area contributed by atoms with Crippen molar-refractivity contribution in [3.63, 3.8) is 0 Å². The van der Waals surface area contributed by atoms with Crippen LogP contribution in [0.15, 0.2) is 24.3 Å². The van der Waals surface area contributed by atoms with Crippen LogP contribution in [0.5, 0.6) is 5.75 Å². The van der Waals surface area contributed by atoms with Crippen LogP contribution in [0.3, 0.4) is 0 Å². The number of nitrogens with zero attached hydrogens (tertiary/aromatic N) is 3. The highest BCUT2D eigenvalue weighted by Gasteiger charge is 2.27. The van der Waals surface area contributed by atoms with Gasteiger partial charge in [0.05, 0.1) is 11.6 Å². The zero-order chi connectivity index (χ0) is 18.4. The van der Waals surface area contributed by atoms with Gasteiger partial charge in [0, 0.05) is 38.8 Å². The lowest BCUT2D eigenvalue weighted by Crippen LogP contribution is -2.52. The highest BCUT2D eigenvalue weighted by molar-refractivity contribution is 5.79. The number of hydrogen-bond acceptors (Lipinski definition) is 5. The summed E-state index contributed by atoms with van der Waals surface area (Å²) < 4.78 is 5.96. The number of ether oxygens (including phenoxy) is 1. The van der Waals surface area contributed by atoms with E-state index in [9.17, 15) is 4.79 Å². The minimum Gasteiger partial charge on any atom is -0.490 e. The Morgan fingerprint density at radius 3 is 2.44 bits per heavy atom. The van der Waals surface area contributed by atoms with E-state index in [0.717, 1.165) is 44.2 Å². The molecule has 2 unspecified atom stereocenters. The van der Waals surface area contributed by atoms with E-state index in [1.807, 2.05) is 51.0 Å². The topological polar surface area (TPSA) is 62.0 Å². The van der Waals surface area contributed by atoms with Crippen molar-refractivity contribution in [2.24, 2.45) is 11.7 Å². The van der Waals surface area contributed by atoms with Crippen molar-refractivity contribution in [1.82, 2.24) is 9.80 Å². The number of hydrogen-bond donors (Lipinski definition) is 1. The predicted octanol–water partition coefficient (Wildman–Crippen LogP) is 1.26. The molecule has 1 saturated heterocycles. The number of rotatable bonds is 7. The Bertz CT molecular complexity index is 554. The van der Waals surface area contributed by atoms with Crippen molar-refractivity contribution < 1.29 is 9.53 Å². The molecule has 0 aliphatic carbocycles. The van der Waals surface area contributed by atoms with Crippen LogP contribution >= 0.6 is 0 Å². The van der Waals surface area contributed by atoms with Gasteiger partial charge in [-0.05, 0) is 33.2 Å². The van der Waals surface area contributed by atoms with Crippen LogP contribution < -0.4 is 15.4 Å². The minimum absolute atomic E-state index is 0.114. The summed E-state index contributed by atoms with van der Waals surface area (Å²) in [6, 6.07) is 8.02. The van der Waals surface area contributed by atoms with Gasteiger partial charge in [0.25, 0.3) is 0 Å². The van der Waals surface area contributed by atoms with Crippen LogP contribution in [-0.4, -0.2) is 75.2 Å². The first-order chi connectivity index (χ1) is 11.9. The average molecular weight is 348 g/mol. The molecule has 1 aromatic carbocycles. The SMILES string of the molecule is CC(N)C(C)C(=O)N1CCN(c2ccccc2OCCN(C)C)CC1. The first-order valence-corrected chi connectivity index (χ1v) is 9.06. The maximum absolute atomic E-state index is 12.5. The van der Waals surface area contributed by atoms with E-state index in [4.69, 9.17) is 10.5 Å². The molecule has 6 heteroatoms. The Labute approximate surface area is 151 Å². The Morgan fingerprint density at radius 1 is 1.20 bits per heavy atom. The second kappa shape index (κ2) is 9.06. The standard InChI is InChI=1S/C19H32N4O2/c1-15(16(2)20)19(24)23-11-9-22(10-12-23)17-7-5-6-8-18(17)25-14-13-21(3)4/h5-8,15-16H,9-14,20H2,1-4H3. The van der Waals surface area contributed by atoms with Crippen LogP contribution in [0.4, 0.5) is 5.69 Å². The summed E-state index contributed by atoms with van der Waals surface area (Å²) in [7, 11) is 4.07. The molecule has 140 valence electrons. The lowest BCUT2D eigenvalue weighted by Gasteiger charge is -2.38. The Hall–Kier alpha value is -1.79. The molecule has 2 rings (SSSR count). The lowest BCUT2D eigenvalue weighted by molar-refractivity contribution is -0.135. The van der Waals surface area contributed by atoms with Gasteiger partial charge >= 0.3 is 0 Å². The number of nitrogens with two attached hydrogens (primary N) is 1. The summed E-state index contributed by atoms with van der Waals surface area (Å²) in [5, 5.41) is 0. The molecule has 0 radical (unpaired) electrons. The smallest absolute Gasteiger partial charge is 0.227 e. The van der Waals surface area contributed by atoms with Crippen LogP contribution in [-0.2, 0) is 4.79 Å². The fourth-order valence-electron chi connectivity index (χ4n) is 2.86. The number of benzene rings is 1. The number of likely N-dealkylation sites (N-methyl/N-ethyl adjacent to an activating group) is 1. The number of anilines is 1. The monoisotopic (exact) mass is 348 g/mol. The van der Waals surface area contributed by atoms with Crippen LogP contribution in [0, 0.1) is 5.92 Å². The maximum Gasteiger partial charge on any atom is 0.227 e. The van der Waals surface area contributed by atoms with Gasteiger partial charge in [-0.1, -0.05) is 19.1 Å². The predicted molar refractivity (Wildman–Crippen MR) is 102 cm³/mol. The molecule has 1 fully saturated rings. The van der Waals surface area contributed by atoms with Crippen LogP contribution in [0.2, 0.25) is 0 Å². The van der Waals surface area contributed by atoms with E-state index in [1.165, 1.54) is 0 Å². The van der Waals surface area contributed by atoms with Gasteiger partial charge in [-0.25, -0.2) is 0 Å². The lowest BCUT2D eigenvalue weighted by atomic mass is 10.0. The van der Waals surface area contributed by atoms with Gasteiger partial charge in [0.2, 0.25) is 5.91 Å². The fraction of sp³-hybridized carbons (Fsp3) is 0.632. The van der Waals surface area contributed by atoms with Gasteiger partial charge in [0.1, 0.15) is 12.4 Å². The molecular formula is C19H32N4O2. The highest BCUT2D eigenvalue weighted by atomic mass is 16.5. The van der Waals surface area contributed by atoms with Gasteiger partial charge in [-0.3, -0.25) is 4.79 Å². The number of para-hydroxylation sites is 2. The third kappa shape index (κ3) is 5.34. The summed E-state index contributed by atoms with van der Waals surface area (Å²) in [6.07, 6.45) is 0. The zero-order valence-corrected chi connectivity index (χ0v) is 15.9. The molecule has 0 aromatic heterocycles. The molecule has 0 spiro atoms. The molecule has 2 atom stereocenters. The van der Waals surface area contributed by atoms with E-state index in [1.54, 1.807) is 0 Å². The zero-order valence-electron chi connectivity index (χ0n) is 15.9. The Kier molecular flexibility index (Phi) is 7.08. The highest BCUT2D eigenvalue weighted by Crippen LogP contribution is 2.29. The molecule has 0 saturated carbocycles. The van der Waals surface area contributed by atoms with E-state index >= 15 is 0 Å². The molecule has 1 heterocycles. The third-order valence-electron chi connectivity index (χ3n) is 4.77. The number of piperazine rings is 1.